The van der Waals surface area contributed by atoms with Gasteiger partial charge < -0.3 is 5.11 Å². The van der Waals surface area contributed by atoms with Gasteiger partial charge in [0.2, 0.25) is 0 Å². The summed E-state index contributed by atoms with van der Waals surface area (Å²) >= 11 is 0. The fraction of sp³-hybridized carbons (Fsp3) is 0.429. The maximum atomic E-state index is 12.2. The second-order valence-corrected chi connectivity index (χ2v) is 2.80. The fourth-order valence-electron chi connectivity index (χ4n) is 0.937. The topological polar surface area (TPSA) is 46.0 Å². The summed E-state index contributed by atoms with van der Waals surface area (Å²) in [5.74, 6) is 0. The molecule has 0 atom stereocenters. The van der Waals surface area contributed by atoms with Crippen LogP contribution in [0.4, 0.5) is 26.3 Å². The molecule has 0 aliphatic carbocycles. The molecule has 0 radical (unpaired) electrons. The summed E-state index contributed by atoms with van der Waals surface area (Å²) in [5, 5.41) is 8.80. The minimum absolute atomic E-state index is 0.209. The smallest absolute Gasteiger partial charge is 0.368 e. The molecule has 90 valence electrons. The molecule has 1 aromatic heterocycles. The van der Waals surface area contributed by atoms with Gasteiger partial charge in [0, 0.05) is 12.4 Å². The predicted octanol–water partition coefficient (Wildman–Crippen LogP) is 1.79. The molecule has 1 aromatic rings. The molecule has 0 bridgehead atoms. The highest BCUT2D eigenvalue weighted by atomic mass is 19.4. The molecule has 16 heavy (non-hydrogen) atoms. The average molecular weight is 246 g/mol. The minimum atomic E-state index is -5.93. The van der Waals surface area contributed by atoms with Crippen molar-refractivity contribution in [3.8, 4) is 0 Å². The molecule has 1 rings (SSSR count). The number of aromatic nitrogens is 2. The molecule has 0 fully saturated rings. The molecular formula is C7H4F6N2O. The van der Waals surface area contributed by atoms with Crippen molar-refractivity contribution in [2.75, 3.05) is 0 Å². The first-order valence-electron chi connectivity index (χ1n) is 3.73. The summed E-state index contributed by atoms with van der Waals surface area (Å²) in [6.45, 7) is 0. The molecule has 0 saturated carbocycles. The van der Waals surface area contributed by atoms with Crippen LogP contribution in [0.2, 0.25) is 0 Å². The third kappa shape index (κ3) is 1.82. The van der Waals surface area contributed by atoms with Crippen molar-refractivity contribution in [1.29, 1.82) is 0 Å². The van der Waals surface area contributed by atoms with E-state index >= 15 is 0 Å². The molecule has 3 nitrogen and oxygen atoms in total. The van der Waals surface area contributed by atoms with Gasteiger partial charge in [-0.2, -0.15) is 26.3 Å². The van der Waals surface area contributed by atoms with Gasteiger partial charge >= 0.3 is 18.0 Å². The second-order valence-electron chi connectivity index (χ2n) is 2.80. The molecule has 1 heterocycles. The van der Waals surface area contributed by atoms with Crippen LogP contribution in [0.15, 0.2) is 18.6 Å². The van der Waals surface area contributed by atoms with E-state index in [0.29, 0.717) is 6.20 Å². The molecule has 0 aromatic carbocycles. The Kier molecular flexibility index (Phi) is 2.84. The third-order valence-corrected chi connectivity index (χ3v) is 1.75. The molecule has 0 aliphatic heterocycles. The number of rotatable bonds is 1. The average Bonchev–Trinajstić information content (AvgIpc) is 2.14. The van der Waals surface area contributed by atoms with Crippen molar-refractivity contribution in [2.45, 2.75) is 18.0 Å². The highest BCUT2D eigenvalue weighted by molar-refractivity contribution is 5.14. The second kappa shape index (κ2) is 3.58. The summed E-state index contributed by atoms with van der Waals surface area (Å²) in [5.41, 5.74) is -6.62. The van der Waals surface area contributed by atoms with Crippen molar-refractivity contribution in [3.05, 3.63) is 24.3 Å². The van der Waals surface area contributed by atoms with Crippen LogP contribution in [-0.2, 0) is 5.60 Å². The van der Waals surface area contributed by atoms with E-state index in [-0.39, 0.29) is 6.20 Å². The summed E-state index contributed by atoms with van der Waals surface area (Å²) in [4.78, 5) is 5.89. The normalized spacial score (nSPS) is 13.9. The van der Waals surface area contributed by atoms with Crippen molar-refractivity contribution in [3.63, 3.8) is 0 Å². The lowest BCUT2D eigenvalue weighted by molar-refractivity contribution is -0.377. The Hall–Kier alpha value is -1.38. The van der Waals surface area contributed by atoms with E-state index in [9.17, 15) is 26.3 Å². The monoisotopic (exact) mass is 246 g/mol. The van der Waals surface area contributed by atoms with E-state index in [1.54, 1.807) is 0 Å². The van der Waals surface area contributed by atoms with Crippen LogP contribution in [0.5, 0.6) is 0 Å². The van der Waals surface area contributed by atoms with E-state index in [2.05, 4.69) is 9.97 Å². The molecule has 1 N–H and O–H groups in total. The highest BCUT2D eigenvalue weighted by Gasteiger charge is 2.72. The molecule has 0 amide bonds. The SMILES string of the molecule is OC(c1cnccn1)(C(F)(F)F)C(F)(F)F. The number of alkyl halides is 6. The Bertz CT molecular complexity index is 345. The van der Waals surface area contributed by atoms with Gasteiger partial charge in [0.1, 0.15) is 5.69 Å². The van der Waals surface area contributed by atoms with E-state index in [4.69, 9.17) is 5.11 Å². The van der Waals surface area contributed by atoms with E-state index < -0.39 is 23.6 Å². The lowest BCUT2D eigenvalue weighted by Crippen LogP contribution is -2.54. The Morgan fingerprint density at radius 3 is 1.75 bits per heavy atom. The zero-order chi connectivity index (χ0) is 12.6. The molecule has 0 spiro atoms. The van der Waals surface area contributed by atoms with Gasteiger partial charge in [-0.25, -0.2) is 0 Å². The zero-order valence-electron chi connectivity index (χ0n) is 7.34. The Morgan fingerprint density at radius 1 is 0.938 bits per heavy atom. The van der Waals surface area contributed by atoms with Gasteiger partial charge in [-0.15, -0.1) is 0 Å². The van der Waals surface area contributed by atoms with Gasteiger partial charge in [0.15, 0.2) is 0 Å². The summed E-state index contributed by atoms with van der Waals surface area (Å²) in [6.07, 6.45) is -10.1. The zero-order valence-corrected chi connectivity index (χ0v) is 7.34. The number of hydrogen-bond acceptors (Lipinski definition) is 3. The molecule has 0 unspecified atom stereocenters. The van der Waals surface area contributed by atoms with Crippen LogP contribution < -0.4 is 0 Å². The molecule has 0 saturated heterocycles. The Labute approximate surface area is 84.8 Å². The van der Waals surface area contributed by atoms with Crippen molar-refractivity contribution in [2.24, 2.45) is 0 Å². The number of aliphatic hydroxyl groups is 1. The minimum Gasteiger partial charge on any atom is -0.368 e. The van der Waals surface area contributed by atoms with Gasteiger partial charge in [-0.05, 0) is 0 Å². The Balaban J connectivity index is 3.39. The first-order chi connectivity index (χ1) is 7.11. The Morgan fingerprint density at radius 2 is 1.44 bits per heavy atom. The summed E-state index contributed by atoms with van der Waals surface area (Å²) in [7, 11) is 0. The quantitative estimate of drug-likeness (QED) is 0.768. The largest absolute Gasteiger partial charge is 0.432 e. The van der Waals surface area contributed by atoms with E-state index in [1.807, 2.05) is 0 Å². The standard InChI is InChI=1S/C7H4F6N2O/c8-6(9,10)5(16,7(11,12)13)4-3-14-1-2-15-4/h1-3,16H. The van der Waals surface area contributed by atoms with Crippen LogP contribution >= 0.6 is 0 Å². The van der Waals surface area contributed by atoms with Gasteiger partial charge in [-0.3, -0.25) is 9.97 Å². The van der Waals surface area contributed by atoms with Crippen molar-refractivity contribution < 1.29 is 31.4 Å². The molecule has 9 heteroatoms. The van der Waals surface area contributed by atoms with Crippen molar-refractivity contribution >= 4 is 0 Å². The number of nitrogens with zero attached hydrogens (tertiary/aromatic N) is 2. The van der Waals surface area contributed by atoms with E-state index in [0.717, 1.165) is 6.20 Å². The van der Waals surface area contributed by atoms with E-state index in [1.165, 1.54) is 0 Å². The lowest BCUT2D eigenvalue weighted by Gasteiger charge is -2.31. The van der Waals surface area contributed by atoms with Gasteiger partial charge in [0.05, 0.1) is 6.20 Å². The molecular weight excluding hydrogens is 242 g/mol. The van der Waals surface area contributed by atoms with Crippen LogP contribution in [-0.4, -0.2) is 27.4 Å². The molecule has 0 aliphatic rings. The first-order valence-corrected chi connectivity index (χ1v) is 3.73. The lowest BCUT2D eigenvalue weighted by atomic mass is 9.99. The maximum Gasteiger partial charge on any atom is 0.432 e. The summed E-state index contributed by atoms with van der Waals surface area (Å²) in [6, 6.07) is 0. The summed E-state index contributed by atoms with van der Waals surface area (Å²) < 4.78 is 73.5. The number of halogens is 6. The predicted molar refractivity (Wildman–Crippen MR) is 38.0 cm³/mol. The van der Waals surface area contributed by atoms with Gasteiger partial charge in [0.25, 0.3) is 0 Å². The van der Waals surface area contributed by atoms with Crippen LogP contribution in [0.1, 0.15) is 5.69 Å². The fourth-order valence-corrected chi connectivity index (χ4v) is 0.937. The number of hydrogen-bond donors (Lipinski definition) is 1. The van der Waals surface area contributed by atoms with Crippen LogP contribution in [0.3, 0.4) is 0 Å². The van der Waals surface area contributed by atoms with Crippen LogP contribution in [0.25, 0.3) is 0 Å². The first kappa shape index (κ1) is 12.7. The maximum absolute atomic E-state index is 12.2. The van der Waals surface area contributed by atoms with Crippen LogP contribution in [0, 0.1) is 0 Å². The highest BCUT2D eigenvalue weighted by Crippen LogP contribution is 2.48. The van der Waals surface area contributed by atoms with Crippen molar-refractivity contribution in [1.82, 2.24) is 9.97 Å². The third-order valence-electron chi connectivity index (χ3n) is 1.75. The van der Waals surface area contributed by atoms with Gasteiger partial charge in [-0.1, -0.05) is 0 Å².